The summed E-state index contributed by atoms with van der Waals surface area (Å²) in [5.41, 5.74) is 5.70. The smallest absolute Gasteiger partial charge is 0.246 e. The Morgan fingerprint density at radius 3 is 2.28 bits per heavy atom. The van der Waals surface area contributed by atoms with Crippen molar-refractivity contribution in [3.63, 3.8) is 0 Å². The highest BCUT2D eigenvalue weighted by Crippen LogP contribution is 2.32. The lowest BCUT2D eigenvalue weighted by Gasteiger charge is -2.17. The molecule has 8 heteroatoms. The Bertz CT molecular complexity index is 516. The summed E-state index contributed by atoms with van der Waals surface area (Å²) < 4.78 is 26.0. The Hall–Kier alpha value is -0.0400. The molecule has 4 nitrogen and oxygen atoms in total. The van der Waals surface area contributed by atoms with E-state index in [4.69, 9.17) is 28.9 Å². The highest BCUT2D eigenvalue weighted by molar-refractivity contribution is 7.89. The SMILES string of the molecule is Cl.N[C@@H]1CCN(S(=O)(=O)c2c(Cl)cccc2Cl)C1. The average Bonchev–Trinajstić information content (AvgIpc) is 2.64. The summed E-state index contributed by atoms with van der Waals surface area (Å²) in [5.74, 6) is 0. The fraction of sp³-hybridized carbons (Fsp3) is 0.400. The van der Waals surface area contributed by atoms with Crippen LogP contribution in [0.15, 0.2) is 23.1 Å². The fourth-order valence-corrected chi connectivity index (χ4v) is 4.43. The standard InChI is InChI=1S/C10H12Cl2N2O2S.ClH/c11-8-2-1-3-9(12)10(8)17(15,16)14-5-4-7(13)6-14;/h1-3,7H,4-6,13H2;1H/t7-;/m1./s1. The van der Waals surface area contributed by atoms with E-state index in [2.05, 4.69) is 0 Å². The molecule has 1 fully saturated rings. The van der Waals surface area contributed by atoms with E-state index < -0.39 is 10.0 Å². The van der Waals surface area contributed by atoms with Gasteiger partial charge < -0.3 is 5.73 Å². The quantitative estimate of drug-likeness (QED) is 0.903. The van der Waals surface area contributed by atoms with E-state index in [1.807, 2.05) is 0 Å². The number of hydrogen-bond acceptors (Lipinski definition) is 3. The molecule has 0 unspecified atom stereocenters. The van der Waals surface area contributed by atoms with Crippen molar-refractivity contribution in [2.24, 2.45) is 5.73 Å². The number of hydrogen-bond donors (Lipinski definition) is 1. The molecule has 0 radical (unpaired) electrons. The first-order valence-corrected chi connectivity index (χ1v) is 7.32. The predicted octanol–water partition coefficient (Wildman–Crippen LogP) is 2.14. The third-order valence-electron chi connectivity index (χ3n) is 2.70. The molecular formula is C10H13Cl3N2O2S. The van der Waals surface area contributed by atoms with Gasteiger partial charge in [-0.2, -0.15) is 4.31 Å². The van der Waals surface area contributed by atoms with Gasteiger partial charge in [-0.1, -0.05) is 29.3 Å². The summed E-state index contributed by atoms with van der Waals surface area (Å²) in [7, 11) is -3.64. The maximum absolute atomic E-state index is 12.3. The van der Waals surface area contributed by atoms with Gasteiger partial charge in [-0.05, 0) is 18.6 Å². The van der Waals surface area contributed by atoms with E-state index in [0.717, 1.165) is 0 Å². The molecule has 1 saturated heterocycles. The number of nitrogens with zero attached hydrogens (tertiary/aromatic N) is 1. The first kappa shape index (κ1) is 16.0. The van der Waals surface area contributed by atoms with Crippen LogP contribution in [-0.4, -0.2) is 31.9 Å². The molecule has 0 saturated carbocycles. The van der Waals surface area contributed by atoms with Crippen LogP contribution in [-0.2, 0) is 10.0 Å². The zero-order valence-corrected chi connectivity index (χ0v) is 12.5. The minimum atomic E-state index is -3.64. The average molecular weight is 332 g/mol. The Morgan fingerprint density at radius 2 is 1.83 bits per heavy atom. The van der Waals surface area contributed by atoms with Gasteiger partial charge in [0.1, 0.15) is 4.90 Å². The molecule has 1 aliphatic rings. The summed E-state index contributed by atoms with van der Waals surface area (Å²) in [5, 5.41) is 0.274. The molecule has 18 heavy (non-hydrogen) atoms. The van der Waals surface area contributed by atoms with Crippen LogP contribution in [0.2, 0.25) is 10.0 Å². The molecule has 1 heterocycles. The van der Waals surface area contributed by atoms with Crippen LogP contribution in [0.3, 0.4) is 0 Å². The van der Waals surface area contributed by atoms with Crippen LogP contribution in [0, 0.1) is 0 Å². The monoisotopic (exact) mass is 330 g/mol. The molecule has 0 bridgehead atoms. The predicted molar refractivity (Wildman–Crippen MR) is 75.1 cm³/mol. The molecule has 102 valence electrons. The first-order chi connectivity index (χ1) is 7.93. The Labute approximate surface area is 123 Å². The minimum absolute atomic E-state index is 0. The molecule has 0 spiro atoms. The molecule has 2 rings (SSSR count). The molecule has 2 N–H and O–H groups in total. The third kappa shape index (κ3) is 2.92. The Balaban J connectivity index is 0.00000162. The van der Waals surface area contributed by atoms with Gasteiger partial charge in [0.15, 0.2) is 0 Å². The summed E-state index contributed by atoms with van der Waals surface area (Å²) in [6, 6.07) is 4.51. The van der Waals surface area contributed by atoms with Crippen LogP contribution < -0.4 is 5.73 Å². The fourth-order valence-electron chi connectivity index (χ4n) is 1.83. The third-order valence-corrected chi connectivity index (χ3v) is 5.53. The van der Waals surface area contributed by atoms with E-state index in [1.165, 1.54) is 16.4 Å². The highest BCUT2D eigenvalue weighted by atomic mass is 35.5. The van der Waals surface area contributed by atoms with Gasteiger partial charge in [0.05, 0.1) is 10.0 Å². The van der Waals surface area contributed by atoms with Gasteiger partial charge in [0, 0.05) is 19.1 Å². The van der Waals surface area contributed by atoms with Crippen molar-refractivity contribution < 1.29 is 8.42 Å². The summed E-state index contributed by atoms with van der Waals surface area (Å²) in [6.07, 6.45) is 0.654. The molecule has 1 atom stereocenters. The van der Waals surface area contributed by atoms with Gasteiger partial charge in [0.25, 0.3) is 0 Å². The van der Waals surface area contributed by atoms with E-state index in [0.29, 0.717) is 19.5 Å². The zero-order valence-electron chi connectivity index (χ0n) is 9.34. The number of sulfonamides is 1. The maximum Gasteiger partial charge on any atom is 0.246 e. The van der Waals surface area contributed by atoms with Crippen molar-refractivity contribution in [1.82, 2.24) is 4.31 Å². The van der Waals surface area contributed by atoms with Gasteiger partial charge in [-0.3, -0.25) is 0 Å². The van der Waals surface area contributed by atoms with E-state index in [-0.39, 0.29) is 33.4 Å². The van der Waals surface area contributed by atoms with Crippen molar-refractivity contribution >= 4 is 45.6 Å². The van der Waals surface area contributed by atoms with Crippen molar-refractivity contribution in [3.05, 3.63) is 28.2 Å². The van der Waals surface area contributed by atoms with Crippen molar-refractivity contribution in [2.45, 2.75) is 17.4 Å². The molecule has 0 amide bonds. The van der Waals surface area contributed by atoms with Crippen molar-refractivity contribution in [2.75, 3.05) is 13.1 Å². The molecule has 0 aliphatic carbocycles. The molecule has 0 aromatic heterocycles. The highest BCUT2D eigenvalue weighted by Gasteiger charge is 2.33. The number of halogens is 3. The second kappa shape index (κ2) is 5.94. The van der Waals surface area contributed by atoms with Crippen LogP contribution in [0.1, 0.15) is 6.42 Å². The number of benzene rings is 1. The molecular weight excluding hydrogens is 319 g/mol. The second-order valence-electron chi connectivity index (χ2n) is 3.96. The van der Waals surface area contributed by atoms with Gasteiger partial charge in [-0.25, -0.2) is 8.42 Å². The van der Waals surface area contributed by atoms with E-state index >= 15 is 0 Å². The largest absolute Gasteiger partial charge is 0.326 e. The Morgan fingerprint density at radius 1 is 1.28 bits per heavy atom. The normalized spacial score (nSPS) is 20.7. The van der Waals surface area contributed by atoms with Crippen LogP contribution in [0.4, 0.5) is 0 Å². The lowest BCUT2D eigenvalue weighted by atomic mass is 10.3. The summed E-state index contributed by atoms with van der Waals surface area (Å²) >= 11 is 11.8. The number of rotatable bonds is 2. The molecule has 1 aliphatic heterocycles. The van der Waals surface area contributed by atoms with Gasteiger partial charge >= 0.3 is 0 Å². The van der Waals surface area contributed by atoms with E-state index in [1.54, 1.807) is 6.07 Å². The van der Waals surface area contributed by atoms with Crippen LogP contribution in [0.5, 0.6) is 0 Å². The maximum atomic E-state index is 12.3. The lowest BCUT2D eigenvalue weighted by Crippen LogP contribution is -2.32. The summed E-state index contributed by atoms with van der Waals surface area (Å²) in [6.45, 7) is 0.717. The first-order valence-electron chi connectivity index (χ1n) is 5.12. The zero-order chi connectivity index (χ0) is 12.6. The lowest BCUT2D eigenvalue weighted by molar-refractivity contribution is 0.472. The number of nitrogens with two attached hydrogens (primary N) is 1. The Kier molecular flexibility index (Phi) is 5.29. The minimum Gasteiger partial charge on any atom is -0.326 e. The van der Waals surface area contributed by atoms with Gasteiger partial charge in [-0.15, -0.1) is 12.4 Å². The van der Waals surface area contributed by atoms with Crippen molar-refractivity contribution in [3.8, 4) is 0 Å². The topological polar surface area (TPSA) is 63.4 Å². The van der Waals surface area contributed by atoms with Crippen molar-refractivity contribution in [1.29, 1.82) is 0 Å². The van der Waals surface area contributed by atoms with Crippen LogP contribution in [0.25, 0.3) is 0 Å². The molecule has 1 aromatic carbocycles. The van der Waals surface area contributed by atoms with E-state index in [9.17, 15) is 8.42 Å². The van der Waals surface area contributed by atoms with Gasteiger partial charge in [0.2, 0.25) is 10.0 Å². The van der Waals surface area contributed by atoms with Crippen LogP contribution >= 0.6 is 35.6 Å². The summed E-state index contributed by atoms with van der Waals surface area (Å²) in [4.78, 5) is -0.0302. The second-order valence-corrected chi connectivity index (χ2v) is 6.65. The molecule has 1 aromatic rings.